The Balaban J connectivity index is 1.77. The van der Waals surface area contributed by atoms with Crippen LogP contribution in [-0.4, -0.2) is 66.4 Å². The summed E-state index contributed by atoms with van der Waals surface area (Å²) >= 11 is 0. The summed E-state index contributed by atoms with van der Waals surface area (Å²) < 4.78 is 21.0. The highest BCUT2D eigenvalue weighted by atomic mass is 16.6. The second-order valence-electron chi connectivity index (χ2n) is 4.09. The van der Waals surface area contributed by atoms with Crippen LogP contribution in [0.1, 0.15) is 6.42 Å². The molecule has 0 aromatic carbocycles. The Morgan fingerprint density at radius 3 is 2.28 bits per heavy atom. The molecule has 0 aromatic heterocycles. The summed E-state index contributed by atoms with van der Waals surface area (Å²) in [6.45, 7) is 6.50. The van der Waals surface area contributed by atoms with Gasteiger partial charge in [-0.1, -0.05) is 6.08 Å². The van der Waals surface area contributed by atoms with Crippen LogP contribution < -0.4 is 5.32 Å². The van der Waals surface area contributed by atoms with Gasteiger partial charge in [0.25, 0.3) is 0 Å². The van der Waals surface area contributed by atoms with Crippen LogP contribution >= 0.6 is 0 Å². The van der Waals surface area contributed by atoms with Crippen molar-refractivity contribution in [2.45, 2.75) is 6.42 Å². The minimum absolute atomic E-state index is 0.611. The molecule has 0 radical (unpaired) electrons. The molecular formula is C13H25NO4. The van der Waals surface area contributed by atoms with E-state index < -0.39 is 0 Å². The smallest absolute Gasteiger partial charge is 0.0704 e. The van der Waals surface area contributed by atoms with Gasteiger partial charge in [-0.25, -0.2) is 0 Å². The number of ether oxygens (including phenoxy) is 4. The van der Waals surface area contributed by atoms with Gasteiger partial charge in [0.1, 0.15) is 0 Å². The Morgan fingerprint density at radius 1 is 1.00 bits per heavy atom. The molecule has 0 bridgehead atoms. The normalized spacial score (nSPS) is 15.7. The van der Waals surface area contributed by atoms with Gasteiger partial charge in [-0.2, -0.15) is 0 Å². The lowest BCUT2D eigenvalue weighted by Gasteiger charge is -2.14. The molecule has 0 amide bonds. The van der Waals surface area contributed by atoms with Crippen molar-refractivity contribution in [2.24, 2.45) is 0 Å². The molecule has 106 valence electrons. The highest BCUT2D eigenvalue weighted by molar-refractivity contribution is 5.06. The lowest BCUT2D eigenvalue weighted by atomic mass is 10.1. The first-order valence-electron chi connectivity index (χ1n) is 6.54. The lowest BCUT2D eigenvalue weighted by molar-refractivity contribution is 0.00619. The van der Waals surface area contributed by atoms with E-state index in [0.717, 1.165) is 26.1 Å². The van der Waals surface area contributed by atoms with Crippen LogP contribution in [0.4, 0.5) is 0 Å². The van der Waals surface area contributed by atoms with Crippen LogP contribution in [0, 0.1) is 0 Å². The van der Waals surface area contributed by atoms with Crippen molar-refractivity contribution in [3.8, 4) is 0 Å². The number of hydrogen-bond acceptors (Lipinski definition) is 5. The Labute approximate surface area is 109 Å². The highest BCUT2D eigenvalue weighted by Gasteiger charge is 2.02. The quantitative estimate of drug-likeness (QED) is 0.435. The first-order valence-corrected chi connectivity index (χ1v) is 6.54. The molecule has 18 heavy (non-hydrogen) atoms. The van der Waals surface area contributed by atoms with E-state index in [-0.39, 0.29) is 0 Å². The molecule has 0 saturated heterocycles. The van der Waals surface area contributed by atoms with Crippen molar-refractivity contribution in [1.29, 1.82) is 0 Å². The molecule has 5 nitrogen and oxygen atoms in total. The Morgan fingerprint density at radius 2 is 1.67 bits per heavy atom. The Hall–Kier alpha value is -0.460. The molecule has 0 saturated carbocycles. The van der Waals surface area contributed by atoms with Crippen molar-refractivity contribution < 1.29 is 18.9 Å². The maximum atomic E-state index is 5.54. The molecule has 0 spiro atoms. The van der Waals surface area contributed by atoms with Crippen molar-refractivity contribution in [3.05, 3.63) is 11.6 Å². The van der Waals surface area contributed by atoms with Gasteiger partial charge in [-0.05, 0) is 18.5 Å². The van der Waals surface area contributed by atoms with Gasteiger partial charge in [-0.15, -0.1) is 0 Å². The van der Waals surface area contributed by atoms with E-state index in [2.05, 4.69) is 11.4 Å². The van der Waals surface area contributed by atoms with E-state index in [9.17, 15) is 0 Å². The van der Waals surface area contributed by atoms with Gasteiger partial charge in [0.2, 0.25) is 0 Å². The molecule has 0 fully saturated rings. The third-order valence-electron chi connectivity index (χ3n) is 2.62. The van der Waals surface area contributed by atoms with Gasteiger partial charge < -0.3 is 24.3 Å². The largest absolute Gasteiger partial charge is 0.382 e. The topological polar surface area (TPSA) is 49.0 Å². The standard InChI is InChI=1S/C13H25NO4/c1-15-6-7-16-8-9-17-10-11-18-12-13-2-4-14-5-3-13/h2,14H,3-12H2,1H3. The lowest BCUT2D eigenvalue weighted by Crippen LogP contribution is -2.22. The summed E-state index contributed by atoms with van der Waals surface area (Å²) in [6, 6.07) is 0. The molecule has 0 aliphatic carbocycles. The SMILES string of the molecule is COCCOCCOCCOCC1=CCNCC1. The van der Waals surface area contributed by atoms with Crippen molar-refractivity contribution in [2.75, 3.05) is 66.4 Å². The van der Waals surface area contributed by atoms with E-state index in [1.54, 1.807) is 7.11 Å². The third kappa shape index (κ3) is 8.60. The third-order valence-corrected chi connectivity index (χ3v) is 2.62. The number of methoxy groups -OCH3 is 1. The van der Waals surface area contributed by atoms with Crippen molar-refractivity contribution >= 4 is 0 Å². The molecule has 1 N–H and O–H groups in total. The zero-order valence-electron chi connectivity index (χ0n) is 11.3. The van der Waals surface area contributed by atoms with Gasteiger partial charge in [-0.3, -0.25) is 0 Å². The molecule has 0 unspecified atom stereocenters. The molecular weight excluding hydrogens is 234 g/mol. The summed E-state index contributed by atoms with van der Waals surface area (Å²) in [7, 11) is 1.66. The predicted octanol–water partition coefficient (Wildman–Crippen LogP) is 0.602. The first-order chi connectivity index (χ1) is 8.93. The predicted molar refractivity (Wildman–Crippen MR) is 69.9 cm³/mol. The van der Waals surface area contributed by atoms with E-state index in [1.165, 1.54) is 5.57 Å². The van der Waals surface area contributed by atoms with Gasteiger partial charge >= 0.3 is 0 Å². The maximum absolute atomic E-state index is 5.54. The second kappa shape index (κ2) is 11.6. The Kier molecular flexibility index (Phi) is 10.1. The fourth-order valence-electron chi connectivity index (χ4n) is 1.59. The number of hydrogen-bond donors (Lipinski definition) is 1. The minimum Gasteiger partial charge on any atom is -0.382 e. The van der Waals surface area contributed by atoms with Crippen molar-refractivity contribution in [3.63, 3.8) is 0 Å². The fourth-order valence-corrected chi connectivity index (χ4v) is 1.59. The van der Waals surface area contributed by atoms with Gasteiger partial charge in [0.05, 0.1) is 46.2 Å². The minimum atomic E-state index is 0.611. The summed E-state index contributed by atoms with van der Waals surface area (Å²) in [4.78, 5) is 0. The summed E-state index contributed by atoms with van der Waals surface area (Å²) in [5.74, 6) is 0. The molecule has 1 aliphatic rings. The van der Waals surface area contributed by atoms with Crippen LogP contribution in [0.3, 0.4) is 0 Å². The molecule has 5 heteroatoms. The zero-order chi connectivity index (χ0) is 12.9. The fraction of sp³-hybridized carbons (Fsp3) is 0.846. The summed E-state index contributed by atoms with van der Waals surface area (Å²) in [5.41, 5.74) is 1.39. The van der Waals surface area contributed by atoms with Crippen LogP contribution in [0.25, 0.3) is 0 Å². The highest BCUT2D eigenvalue weighted by Crippen LogP contribution is 2.04. The first kappa shape index (κ1) is 15.6. The van der Waals surface area contributed by atoms with Gasteiger partial charge in [0, 0.05) is 13.7 Å². The molecule has 1 heterocycles. The Bertz CT molecular complexity index is 221. The molecule has 0 atom stereocenters. The number of rotatable bonds is 11. The molecule has 1 aliphatic heterocycles. The van der Waals surface area contributed by atoms with E-state index in [0.29, 0.717) is 39.6 Å². The van der Waals surface area contributed by atoms with E-state index in [1.807, 2.05) is 0 Å². The second-order valence-corrected chi connectivity index (χ2v) is 4.09. The van der Waals surface area contributed by atoms with E-state index >= 15 is 0 Å². The monoisotopic (exact) mass is 259 g/mol. The van der Waals surface area contributed by atoms with Crippen LogP contribution in [0.2, 0.25) is 0 Å². The number of nitrogens with one attached hydrogen (secondary N) is 1. The van der Waals surface area contributed by atoms with Crippen LogP contribution in [0.15, 0.2) is 11.6 Å². The average molecular weight is 259 g/mol. The maximum Gasteiger partial charge on any atom is 0.0704 e. The zero-order valence-corrected chi connectivity index (χ0v) is 11.3. The molecule has 1 rings (SSSR count). The van der Waals surface area contributed by atoms with Crippen molar-refractivity contribution in [1.82, 2.24) is 5.32 Å². The summed E-state index contributed by atoms with van der Waals surface area (Å²) in [6.07, 6.45) is 3.29. The van der Waals surface area contributed by atoms with Gasteiger partial charge in [0.15, 0.2) is 0 Å². The van der Waals surface area contributed by atoms with Crippen LogP contribution in [0.5, 0.6) is 0 Å². The average Bonchev–Trinajstić information content (AvgIpc) is 2.42. The van der Waals surface area contributed by atoms with Crippen LogP contribution in [-0.2, 0) is 18.9 Å². The molecule has 0 aromatic rings. The van der Waals surface area contributed by atoms with E-state index in [4.69, 9.17) is 18.9 Å². The summed E-state index contributed by atoms with van der Waals surface area (Å²) in [5, 5.41) is 3.27.